The maximum absolute atomic E-state index is 11.0. The van der Waals surface area contributed by atoms with Crippen molar-refractivity contribution < 1.29 is 9.66 Å². The first kappa shape index (κ1) is 20.0. The van der Waals surface area contributed by atoms with E-state index in [4.69, 9.17) is 9.72 Å². The summed E-state index contributed by atoms with van der Waals surface area (Å²) >= 11 is 0. The predicted octanol–water partition coefficient (Wildman–Crippen LogP) is 3.02. The Kier molecular flexibility index (Phi) is 6.41. The van der Waals surface area contributed by atoms with Gasteiger partial charge in [-0.2, -0.15) is 0 Å². The summed E-state index contributed by atoms with van der Waals surface area (Å²) < 4.78 is 5.65. The second kappa shape index (κ2) is 8.97. The van der Waals surface area contributed by atoms with Crippen LogP contribution in [0.15, 0.2) is 30.3 Å². The van der Waals surface area contributed by atoms with Crippen LogP contribution in [0.25, 0.3) is 0 Å². The molecule has 1 aliphatic heterocycles. The van der Waals surface area contributed by atoms with Crippen molar-refractivity contribution in [1.29, 1.82) is 0 Å². The van der Waals surface area contributed by atoms with E-state index in [1.54, 1.807) is 18.2 Å². The van der Waals surface area contributed by atoms with Gasteiger partial charge in [-0.1, -0.05) is 26.0 Å². The van der Waals surface area contributed by atoms with Gasteiger partial charge in [0.15, 0.2) is 5.75 Å². The van der Waals surface area contributed by atoms with Gasteiger partial charge in [0.2, 0.25) is 0 Å². The number of aromatic nitrogens is 2. The molecule has 3 rings (SSSR count). The van der Waals surface area contributed by atoms with Crippen LogP contribution < -0.4 is 9.64 Å². The molecule has 28 heavy (non-hydrogen) atoms. The first-order valence-electron chi connectivity index (χ1n) is 9.63. The summed E-state index contributed by atoms with van der Waals surface area (Å²) in [6, 6.07) is 8.53. The molecule has 1 fully saturated rings. The number of hydrogen-bond donors (Lipinski definition) is 0. The van der Waals surface area contributed by atoms with E-state index in [0.29, 0.717) is 18.3 Å². The molecule has 8 nitrogen and oxygen atoms in total. The van der Waals surface area contributed by atoms with Gasteiger partial charge in [0, 0.05) is 56.5 Å². The number of rotatable bonds is 7. The van der Waals surface area contributed by atoms with Crippen molar-refractivity contribution in [1.82, 2.24) is 14.9 Å². The fourth-order valence-corrected chi connectivity index (χ4v) is 3.21. The van der Waals surface area contributed by atoms with Crippen LogP contribution >= 0.6 is 0 Å². The van der Waals surface area contributed by atoms with E-state index in [-0.39, 0.29) is 5.69 Å². The van der Waals surface area contributed by atoms with Gasteiger partial charge in [0.1, 0.15) is 18.2 Å². The van der Waals surface area contributed by atoms with E-state index < -0.39 is 4.92 Å². The van der Waals surface area contributed by atoms with Crippen molar-refractivity contribution in [2.24, 2.45) is 0 Å². The number of ether oxygens (including phenoxy) is 1. The Hall–Kier alpha value is -2.74. The fraction of sp³-hybridized carbons (Fsp3) is 0.500. The molecule has 0 atom stereocenters. The van der Waals surface area contributed by atoms with E-state index in [1.165, 1.54) is 6.07 Å². The Morgan fingerprint density at radius 3 is 2.57 bits per heavy atom. The molecule has 2 aromatic rings. The van der Waals surface area contributed by atoms with E-state index in [2.05, 4.69) is 28.6 Å². The van der Waals surface area contributed by atoms with Gasteiger partial charge in [-0.05, 0) is 13.0 Å². The summed E-state index contributed by atoms with van der Waals surface area (Å²) in [6.07, 6.45) is 0. The molecule has 1 aromatic heterocycles. The van der Waals surface area contributed by atoms with Crippen LogP contribution in [-0.4, -0.2) is 59.1 Å². The maximum atomic E-state index is 11.0. The van der Waals surface area contributed by atoms with Gasteiger partial charge in [0.25, 0.3) is 0 Å². The lowest BCUT2D eigenvalue weighted by molar-refractivity contribution is -0.385. The number of aryl methyl sites for hydroxylation is 1. The van der Waals surface area contributed by atoms with Gasteiger partial charge >= 0.3 is 5.69 Å². The lowest BCUT2D eigenvalue weighted by Gasteiger charge is -2.35. The lowest BCUT2D eigenvalue weighted by atomic mass is 10.2. The number of nitrogens with zero attached hydrogens (tertiary/aromatic N) is 5. The van der Waals surface area contributed by atoms with E-state index in [0.717, 1.165) is 50.1 Å². The Morgan fingerprint density at radius 2 is 1.89 bits per heavy atom. The fourth-order valence-electron chi connectivity index (χ4n) is 3.21. The molecular formula is C20H27N5O3. The van der Waals surface area contributed by atoms with Crippen LogP contribution in [0, 0.1) is 17.0 Å². The van der Waals surface area contributed by atoms with Crippen molar-refractivity contribution in [3.05, 3.63) is 52.0 Å². The molecule has 0 aliphatic carbocycles. The van der Waals surface area contributed by atoms with Crippen molar-refractivity contribution in [2.75, 3.05) is 44.2 Å². The van der Waals surface area contributed by atoms with Gasteiger partial charge in [0.05, 0.1) is 4.92 Å². The topological polar surface area (TPSA) is 84.6 Å². The molecule has 0 spiro atoms. The van der Waals surface area contributed by atoms with Crippen LogP contribution in [0.4, 0.5) is 11.5 Å². The summed E-state index contributed by atoms with van der Waals surface area (Å²) in [5.74, 6) is 2.50. The van der Waals surface area contributed by atoms with E-state index >= 15 is 0 Å². The highest BCUT2D eigenvalue weighted by atomic mass is 16.6. The number of nitro benzene ring substituents is 1. The Balaban J connectivity index is 1.51. The zero-order valence-electron chi connectivity index (χ0n) is 16.7. The molecule has 0 N–H and O–H groups in total. The highest BCUT2D eigenvalue weighted by Gasteiger charge is 2.20. The zero-order valence-corrected chi connectivity index (χ0v) is 16.7. The van der Waals surface area contributed by atoms with Crippen LogP contribution in [0.2, 0.25) is 0 Å². The summed E-state index contributed by atoms with van der Waals surface area (Å²) in [5, 5.41) is 11.0. The van der Waals surface area contributed by atoms with Crippen molar-refractivity contribution in [2.45, 2.75) is 26.7 Å². The van der Waals surface area contributed by atoms with Gasteiger partial charge in [-0.3, -0.25) is 15.0 Å². The van der Waals surface area contributed by atoms with Crippen LogP contribution in [0.3, 0.4) is 0 Å². The summed E-state index contributed by atoms with van der Waals surface area (Å²) in [7, 11) is 0. The molecule has 0 saturated carbocycles. The molecule has 0 unspecified atom stereocenters. The quantitative estimate of drug-likeness (QED) is 0.535. The standard InChI is InChI=1S/C20H27N5O3/c1-15(2)20-21-16(3)14-19(22-20)24-10-8-23(9-11-24)12-13-28-18-7-5-4-6-17(18)25(26)27/h4-7,14-15H,8-13H2,1-3H3. The Labute approximate surface area is 165 Å². The number of piperazine rings is 1. The Bertz CT molecular complexity index is 819. The van der Waals surface area contributed by atoms with Gasteiger partial charge in [-0.15, -0.1) is 0 Å². The number of benzene rings is 1. The highest BCUT2D eigenvalue weighted by Crippen LogP contribution is 2.25. The third-order valence-corrected chi connectivity index (χ3v) is 4.80. The second-order valence-electron chi connectivity index (χ2n) is 7.28. The highest BCUT2D eigenvalue weighted by molar-refractivity contribution is 5.45. The molecule has 0 bridgehead atoms. The molecule has 1 aromatic carbocycles. The SMILES string of the molecule is Cc1cc(N2CCN(CCOc3ccccc3[N+](=O)[O-])CC2)nc(C(C)C)n1. The second-order valence-corrected chi connectivity index (χ2v) is 7.28. The molecule has 8 heteroatoms. The van der Waals surface area contributed by atoms with Crippen molar-refractivity contribution in [3.63, 3.8) is 0 Å². The number of nitro groups is 1. The molecule has 150 valence electrons. The average Bonchev–Trinajstić information content (AvgIpc) is 2.68. The van der Waals surface area contributed by atoms with Crippen molar-refractivity contribution >= 4 is 11.5 Å². The van der Waals surface area contributed by atoms with Gasteiger partial charge < -0.3 is 9.64 Å². The number of anilines is 1. The van der Waals surface area contributed by atoms with Crippen LogP contribution in [0.5, 0.6) is 5.75 Å². The smallest absolute Gasteiger partial charge is 0.310 e. The predicted molar refractivity (Wildman–Crippen MR) is 108 cm³/mol. The first-order chi connectivity index (χ1) is 13.4. The number of hydrogen-bond acceptors (Lipinski definition) is 7. The minimum Gasteiger partial charge on any atom is -0.485 e. The monoisotopic (exact) mass is 385 g/mol. The molecule has 0 amide bonds. The molecule has 1 aliphatic rings. The minimum atomic E-state index is -0.413. The van der Waals surface area contributed by atoms with E-state index in [9.17, 15) is 10.1 Å². The summed E-state index contributed by atoms with van der Waals surface area (Å²) in [6.45, 7) is 11.0. The number of para-hydroxylation sites is 2. The molecular weight excluding hydrogens is 358 g/mol. The minimum absolute atomic E-state index is 0.00686. The lowest BCUT2D eigenvalue weighted by Crippen LogP contribution is -2.47. The van der Waals surface area contributed by atoms with Gasteiger partial charge in [-0.25, -0.2) is 9.97 Å². The summed E-state index contributed by atoms with van der Waals surface area (Å²) in [4.78, 5) is 24.5. The molecule has 2 heterocycles. The molecule has 1 saturated heterocycles. The van der Waals surface area contributed by atoms with Crippen LogP contribution in [-0.2, 0) is 0 Å². The third-order valence-electron chi connectivity index (χ3n) is 4.80. The largest absolute Gasteiger partial charge is 0.485 e. The summed E-state index contributed by atoms with van der Waals surface area (Å²) in [5.41, 5.74) is 1.00. The zero-order chi connectivity index (χ0) is 20.1. The third kappa shape index (κ3) is 4.95. The average molecular weight is 385 g/mol. The first-order valence-corrected chi connectivity index (χ1v) is 9.63. The van der Waals surface area contributed by atoms with Crippen LogP contribution in [0.1, 0.15) is 31.3 Å². The van der Waals surface area contributed by atoms with E-state index in [1.807, 2.05) is 13.0 Å². The van der Waals surface area contributed by atoms with Crippen molar-refractivity contribution in [3.8, 4) is 5.75 Å². The molecule has 0 radical (unpaired) electrons. The Morgan fingerprint density at radius 1 is 1.18 bits per heavy atom. The normalized spacial score (nSPS) is 15.1. The maximum Gasteiger partial charge on any atom is 0.310 e.